The minimum Gasteiger partial charge on any atom is -0.550 e. The zero-order chi connectivity index (χ0) is 18.6. The number of aliphatic carboxylic acids is 1. The van der Waals surface area contributed by atoms with Crippen LogP contribution in [0.5, 0.6) is 0 Å². The molecular weight excluding hydrogens is 318 g/mol. The molecule has 0 saturated carbocycles. The van der Waals surface area contributed by atoms with Gasteiger partial charge in [0.15, 0.2) is 0 Å². The third-order valence-corrected chi connectivity index (χ3v) is 3.77. The number of benzene rings is 1. The molecule has 0 aliphatic carbocycles. The summed E-state index contributed by atoms with van der Waals surface area (Å²) in [5.74, 6) is 1.84. The Morgan fingerprint density at radius 1 is 1.36 bits per heavy atom. The molecule has 132 valence electrons. The summed E-state index contributed by atoms with van der Waals surface area (Å²) in [5, 5.41) is 17.1. The van der Waals surface area contributed by atoms with Gasteiger partial charge in [-0.3, -0.25) is 4.79 Å². The van der Waals surface area contributed by atoms with Crippen LogP contribution in [-0.4, -0.2) is 34.4 Å². The first-order valence-electron chi connectivity index (χ1n) is 8.16. The average Bonchev–Trinajstić information content (AvgIpc) is 2.51. The van der Waals surface area contributed by atoms with Gasteiger partial charge >= 0.3 is 0 Å². The van der Waals surface area contributed by atoms with E-state index in [0.29, 0.717) is 5.84 Å². The highest BCUT2D eigenvalue weighted by Gasteiger charge is 2.38. The third kappa shape index (κ3) is 4.60. The topological polar surface area (TPSA) is 84.3 Å². The van der Waals surface area contributed by atoms with Crippen molar-refractivity contribution in [3.8, 4) is 12.3 Å². The summed E-state index contributed by atoms with van der Waals surface area (Å²) < 4.78 is 1.74. The molecule has 1 aromatic carbocycles. The number of hydrogen-bond acceptors (Lipinski definition) is 4. The number of amides is 1. The smallest absolute Gasteiger partial charge is 0.270 e. The van der Waals surface area contributed by atoms with Crippen molar-refractivity contribution < 1.29 is 19.3 Å². The molecule has 1 amide bonds. The van der Waals surface area contributed by atoms with Crippen molar-refractivity contribution >= 4 is 23.4 Å². The van der Waals surface area contributed by atoms with E-state index in [0.717, 1.165) is 11.3 Å². The molecule has 1 aliphatic rings. The van der Waals surface area contributed by atoms with Gasteiger partial charge in [0, 0.05) is 11.5 Å². The lowest BCUT2D eigenvalue weighted by Gasteiger charge is -2.29. The number of carboxylic acid groups (broad SMARTS) is 1. The zero-order valence-corrected chi connectivity index (χ0v) is 14.8. The molecule has 1 aromatic rings. The van der Waals surface area contributed by atoms with E-state index in [1.54, 1.807) is 4.58 Å². The molecule has 1 aliphatic heterocycles. The van der Waals surface area contributed by atoms with Gasteiger partial charge < -0.3 is 15.2 Å². The molecule has 2 N–H and O–H groups in total. The molecule has 0 aromatic heterocycles. The van der Waals surface area contributed by atoms with Crippen LogP contribution in [0.15, 0.2) is 24.3 Å². The second-order valence-corrected chi connectivity index (χ2v) is 7.00. The minimum absolute atomic E-state index is 0.154. The Bertz CT molecular complexity index is 754. The number of fused-ring (bicyclic) bond motifs is 1. The Morgan fingerprint density at radius 3 is 2.64 bits per heavy atom. The molecule has 1 heterocycles. The van der Waals surface area contributed by atoms with Crippen LogP contribution in [0.1, 0.15) is 45.2 Å². The summed E-state index contributed by atoms with van der Waals surface area (Å²) in [4.78, 5) is 23.8. The van der Waals surface area contributed by atoms with Gasteiger partial charge in [-0.1, -0.05) is 18.1 Å². The Kier molecular flexibility index (Phi) is 5.48. The molecule has 0 unspecified atom stereocenters. The van der Waals surface area contributed by atoms with Crippen LogP contribution in [0.4, 0.5) is 5.69 Å². The van der Waals surface area contributed by atoms with Crippen LogP contribution in [0.2, 0.25) is 0 Å². The average molecular weight is 341 g/mol. The van der Waals surface area contributed by atoms with Gasteiger partial charge in [-0.05, 0) is 39.3 Å². The highest BCUT2D eigenvalue weighted by molar-refractivity contribution is 5.98. The number of carboxylic acids is 1. The number of anilines is 1. The van der Waals surface area contributed by atoms with E-state index in [2.05, 4.69) is 16.6 Å². The van der Waals surface area contributed by atoms with Gasteiger partial charge in [0.05, 0.1) is 12.0 Å². The summed E-state index contributed by atoms with van der Waals surface area (Å²) in [6.45, 7) is 5.91. The molecule has 6 nitrogen and oxygen atoms in total. The molecule has 6 heteroatoms. The SMILES string of the molecule is C#CC[N+]1=C(CCC(=O)[O-])Nc2ccccc2[C@@H]1C(=O)NC(C)(C)C. The number of carbonyl (C=O) groups excluding carboxylic acids is 2. The predicted octanol–water partition coefficient (Wildman–Crippen LogP) is 0.642. The fourth-order valence-corrected chi connectivity index (χ4v) is 2.83. The van der Waals surface area contributed by atoms with Gasteiger partial charge in [-0.25, -0.2) is 9.89 Å². The summed E-state index contributed by atoms with van der Waals surface area (Å²) in [5.41, 5.74) is 1.18. The van der Waals surface area contributed by atoms with Crippen LogP contribution in [0.3, 0.4) is 0 Å². The van der Waals surface area contributed by atoms with Crippen molar-refractivity contribution in [2.75, 3.05) is 11.9 Å². The minimum atomic E-state index is -1.15. The van der Waals surface area contributed by atoms with E-state index in [1.165, 1.54) is 0 Å². The fourth-order valence-electron chi connectivity index (χ4n) is 2.83. The first kappa shape index (κ1) is 18.5. The molecule has 0 bridgehead atoms. The molecular formula is C19H23N3O3. The molecule has 0 fully saturated rings. The summed E-state index contributed by atoms with van der Waals surface area (Å²) in [7, 11) is 0. The number of terminal acetylenes is 1. The highest BCUT2D eigenvalue weighted by atomic mass is 16.4. The quantitative estimate of drug-likeness (QED) is 0.608. The number of hydrogen-bond donors (Lipinski definition) is 2. The molecule has 1 atom stereocenters. The maximum Gasteiger partial charge on any atom is 0.270 e. The largest absolute Gasteiger partial charge is 0.550 e. The van der Waals surface area contributed by atoms with E-state index in [9.17, 15) is 14.7 Å². The molecule has 0 spiro atoms. The normalized spacial score (nSPS) is 16.5. The van der Waals surface area contributed by atoms with E-state index in [-0.39, 0.29) is 25.3 Å². The Labute approximate surface area is 147 Å². The van der Waals surface area contributed by atoms with Gasteiger partial charge in [0.25, 0.3) is 11.7 Å². The Balaban J connectivity index is 2.50. The fraction of sp³-hybridized carbons (Fsp3) is 0.421. The van der Waals surface area contributed by atoms with E-state index < -0.39 is 17.6 Å². The second kappa shape index (κ2) is 7.39. The van der Waals surface area contributed by atoms with Gasteiger partial charge in [0.1, 0.15) is 12.2 Å². The first-order valence-corrected chi connectivity index (χ1v) is 8.16. The number of carbonyl (C=O) groups is 2. The van der Waals surface area contributed by atoms with Crippen LogP contribution in [0, 0.1) is 12.3 Å². The van der Waals surface area contributed by atoms with Gasteiger partial charge in [0.2, 0.25) is 6.04 Å². The first-order chi connectivity index (χ1) is 11.7. The van der Waals surface area contributed by atoms with Gasteiger partial charge in [-0.2, -0.15) is 0 Å². The molecule has 0 radical (unpaired) electrons. The van der Waals surface area contributed by atoms with E-state index in [1.807, 2.05) is 45.0 Å². The van der Waals surface area contributed by atoms with Crippen LogP contribution >= 0.6 is 0 Å². The maximum absolute atomic E-state index is 13.0. The molecule has 25 heavy (non-hydrogen) atoms. The van der Waals surface area contributed by atoms with Crippen molar-refractivity contribution in [1.29, 1.82) is 0 Å². The Morgan fingerprint density at radius 2 is 2.04 bits per heavy atom. The highest BCUT2D eigenvalue weighted by Crippen LogP contribution is 2.30. The zero-order valence-electron chi connectivity index (χ0n) is 14.8. The summed E-state index contributed by atoms with van der Waals surface area (Å²) in [6, 6.07) is 6.83. The molecule has 0 saturated heterocycles. The summed E-state index contributed by atoms with van der Waals surface area (Å²) >= 11 is 0. The lowest BCUT2D eigenvalue weighted by Crippen LogP contribution is -2.49. The Hall–Kier alpha value is -2.81. The summed E-state index contributed by atoms with van der Waals surface area (Å²) in [6.07, 6.45) is 5.55. The lowest BCUT2D eigenvalue weighted by molar-refractivity contribution is -0.549. The standard InChI is InChI=1S/C19H23N3O3/c1-5-12-22-15(10-11-16(23)24)20-14-9-7-6-8-13(14)17(22)18(25)21-19(2,3)4/h1,6-9,17H,10-12H2,2-4H3,(H2,21,23,24,25)/t17-/m1/s1. The maximum atomic E-state index is 13.0. The van der Waals surface area contributed by atoms with Crippen molar-refractivity contribution in [2.24, 2.45) is 0 Å². The number of para-hydroxylation sites is 1. The third-order valence-electron chi connectivity index (χ3n) is 3.77. The predicted molar refractivity (Wildman–Crippen MR) is 93.9 cm³/mol. The van der Waals surface area contributed by atoms with Crippen LogP contribution in [-0.2, 0) is 9.59 Å². The van der Waals surface area contributed by atoms with E-state index in [4.69, 9.17) is 6.42 Å². The van der Waals surface area contributed by atoms with Crippen LogP contribution in [0.25, 0.3) is 0 Å². The number of nitrogens with zero attached hydrogens (tertiary/aromatic N) is 1. The number of amidine groups is 1. The van der Waals surface area contributed by atoms with Crippen molar-refractivity contribution in [3.05, 3.63) is 29.8 Å². The molecule has 2 rings (SSSR count). The van der Waals surface area contributed by atoms with Gasteiger partial charge in [-0.15, -0.1) is 6.42 Å². The second-order valence-electron chi connectivity index (χ2n) is 7.00. The number of rotatable bonds is 5. The van der Waals surface area contributed by atoms with Crippen LogP contribution < -0.4 is 15.7 Å². The van der Waals surface area contributed by atoms with Crippen molar-refractivity contribution in [3.63, 3.8) is 0 Å². The lowest BCUT2D eigenvalue weighted by atomic mass is 9.98. The number of nitrogens with one attached hydrogen (secondary N) is 2. The van der Waals surface area contributed by atoms with Crippen molar-refractivity contribution in [2.45, 2.75) is 45.2 Å². The van der Waals surface area contributed by atoms with Crippen molar-refractivity contribution in [1.82, 2.24) is 5.32 Å². The van der Waals surface area contributed by atoms with E-state index >= 15 is 0 Å². The monoisotopic (exact) mass is 341 g/mol.